The minimum atomic E-state index is -0.784. The molecule has 1 heterocycles. The van der Waals surface area contributed by atoms with E-state index >= 15 is 0 Å². The number of aliphatic hydroxyl groups is 3. The van der Waals surface area contributed by atoms with Gasteiger partial charge in [-0.25, -0.2) is 0 Å². The summed E-state index contributed by atoms with van der Waals surface area (Å²) in [7, 11) is 0. The van der Waals surface area contributed by atoms with Crippen LogP contribution in [-0.4, -0.2) is 56.9 Å². The third-order valence-electron chi connectivity index (χ3n) is 4.50. The number of ether oxygens (including phenoxy) is 1. The van der Waals surface area contributed by atoms with E-state index < -0.39 is 30.4 Å². The highest BCUT2D eigenvalue weighted by Crippen LogP contribution is 2.25. The van der Waals surface area contributed by atoms with Crippen LogP contribution in [0.15, 0.2) is 48.6 Å². The molecule has 1 aliphatic heterocycles. The summed E-state index contributed by atoms with van der Waals surface area (Å²) in [5, 5.41) is 38.3. The SMILES string of the molecule is CC[C@H](O)[C@H]1C[C@H](O)[C@@H](/C=C/[C@@H](O)C/C=C\C/C=C\C/C=C\CCC(=O)O)O1. The summed E-state index contributed by atoms with van der Waals surface area (Å²) in [6.07, 6.45) is 16.0. The van der Waals surface area contributed by atoms with E-state index in [1.165, 1.54) is 0 Å². The van der Waals surface area contributed by atoms with Gasteiger partial charge >= 0.3 is 5.97 Å². The van der Waals surface area contributed by atoms with Crippen LogP contribution in [0.2, 0.25) is 0 Å². The Balaban J connectivity index is 2.18. The summed E-state index contributed by atoms with van der Waals surface area (Å²) in [5.41, 5.74) is 0. The van der Waals surface area contributed by atoms with Gasteiger partial charge in [0.05, 0.1) is 24.4 Å². The predicted octanol–water partition coefficient (Wildman–Crippen LogP) is 2.90. The molecular weight excluding hydrogens is 360 g/mol. The van der Waals surface area contributed by atoms with Crippen molar-refractivity contribution in [2.75, 3.05) is 0 Å². The highest BCUT2D eigenvalue weighted by atomic mass is 16.5. The van der Waals surface area contributed by atoms with Gasteiger partial charge in [-0.2, -0.15) is 0 Å². The number of rotatable bonds is 13. The van der Waals surface area contributed by atoms with E-state index in [2.05, 4.69) is 0 Å². The smallest absolute Gasteiger partial charge is 0.303 e. The second kappa shape index (κ2) is 14.3. The summed E-state index contributed by atoms with van der Waals surface area (Å²) >= 11 is 0. The number of aliphatic carboxylic acids is 1. The average molecular weight is 395 g/mol. The molecule has 0 spiro atoms. The standard InChI is InChI=1S/C22H34O6/c1-2-18(24)21-16-19(25)20(28-21)15-14-17(23)12-10-8-6-4-3-5-7-9-11-13-22(26)27/h3-4,7-10,14-15,17-21,23-25H,2,5-6,11-13,16H2,1H3,(H,26,27)/b4-3-,9-7-,10-8-,15-14+/t17-,18-,19-,20+,21+/m0/s1. The Morgan fingerprint density at radius 2 is 1.75 bits per heavy atom. The fourth-order valence-electron chi connectivity index (χ4n) is 2.82. The number of carboxylic acids is 1. The molecule has 0 aromatic rings. The first kappa shape index (κ1) is 24.3. The molecule has 1 saturated heterocycles. The van der Waals surface area contributed by atoms with Crippen LogP contribution in [0.4, 0.5) is 0 Å². The monoisotopic (exact) mass is 394 g/mol. The second-order valence-electron chi connectivity index (χ2n) is 6.92. The van der Waals surface area contributed by atoms with Gasteiger partial charge in [-0.1, -0.05) is 55.5 Å². The first-order valence-electron chi connectivity index (χ1n) is 9.98. The lowest BCUT2D eigenvalue weighted by molar-refractivity contribution is -0.136. The molecule has 5 atom stereocenters. The van der Waals surface area contributed by atoms with Crippen molar-refractivity contribution < 1.29 is 30.0 Å². The molecule has 0 aromatic carbocycles. The van der Waals surface area contributed by atoms with Gasteiger partial charge in [0.25, 0.3) is 0 Å². The molecule has 158 valence electrons. The Morgan fingerprint density at radius 1 is 1.11 bits per heavy atom. The van der Waals surface area contributed by atoms with E-state index in [-0.39, 0.29) is 12.5 Å². The van der Waals surface area contributed by atoms with E-state index in [1.54, 1.807) is 12.2 Å². The molecule has 0 radical (unpaired) electrons. The number of allylic oxidation sites excluding steroid dienone is 5. The van der Waals surface area contributed by atoms with Crippen LogP contribution in [-0.2, 0) is 9.53 Å². The molecule has 0 unspecified atom stereocenters. The van der Waals surface area contributed by atoms with Crippen LogP contribution in [0, 0.1) is 0 Å². The average Bonchev–Trinajstić information content (AvgIpc) is 3.04. The van der Waals surface area contributed by atoms with Gasteiger partial charge in [0, 0.05) is 12.8 Å². The fourth-order valence-corrected chi connectivity index (χ4v) is 2.82. The van der Waals surface area contributed by atoms with Gasteiger partial charge in [0.2, 0.25) is 0 Å². The maximum atomic E-state index is 10.3. The number of carboxylic acid groups (broad SMARTS) is 1. The molecular formula is C22H34O6. The summed E-state index contributed by atoms with van der Waals surface area (Å²) in [5.74, 6) is -0.784. The molecule has 0 aliphatic carbocycles. The normalized spacial score (nSPS) is 25.5. The van der Waals surface area contributed by atoms with Crippen LogP contribution in [0.5, 0.6) is 0 Å². The maximum Gasteiger partial charge on any atom is 0.303 e. The van der Waals surface area contributed by atoms with Gasteiger partial charge in [-0.3, -0.25) is 4.79 Å². The number of aliphatic hydroxyl groups excluding tert-OH is 3. The van der Waals surface area contributed by atoms with Crippen molar-refractivity contribution in [3.63, 3.8) is 0 Å². The molecule has 0 saturated carbocycles. The van der Waals surface area contributed by atoms with Gasteiger partial charge < -0.3 is 25.2 Å². The van der Waals surface area contributed by atoms with Gasteiger partial charge in [-0.15, -0.1) is 0 Å². The largest absolute Gasteiger partial charge is 0.481 e. The minimum Gasteiger partial charge on any atom is -0.481 e. The zero-order valence-corrected chi connectivity index (χ0v) is 16.6. The lowest BCUT2D eigenvalue weighted by Crippen LogP contribution is -2.25. The van der Waals surface area contributed by atoms with E-state index in [9.17, 15) is 20.1 Å². The van der Waals surface area contributed by atoms with Crippen LogP contribution in [0.1, 0.15) is 51.9 Å². The van der Waals surface area contributed by atoms with Crippen LogP contribution >= 0.6 is 0 Å². The molecule has 4 N–H and O–H groups in total. The van der Waals surface area contributed by atoms with E-state index in [0.29, 0.717) is 25.7 Å². The van der Waals surface area contributed by atoms with E-state index in [4.69, 9.17) is 9.84 Å². The second-order valence-corrected chi connectivity index (χ2v) is 6.92. The van der Waals surface area contributed by atoms with Crippen molar-refractivity contribution >= 4 is 5.97 Å². The van der Waals surface area contributed by atoms with Crippen LogP contribution < -0.4 is 0 Å². The van der Waals surface area contributed by atoms with Crippen molar-refractivity contribution in [1.82, 2.24) is 0 Å². The topological polar surface area (TPSA) is 107 Å². The van der Waals surface area contributed by atoms with E-state index in [1.807, 2.05) is 43.4 Å². The summed E-state index contributed by atoms with van der Waals surface area (Å²) in [6.45, 7) is 1.87. The zero-order valence-electron chi connectivity index (χ0n) is 16.6. The molecule has 1 rings (SSSR count). The summed E-state index contributed by atoms with van der Waals surface area (Å²) in [4.78, 5) is 10.3. The van der Waals surface area contributed by atoms with Gasteiger partial charge in [0.15, 0.2) is 0 Å². The zero-order chi connectivity index (χ0) is 20.8. The summed E-state index contributed by atoms with van der Waals surface area (Å²) in [6, 6.07) is 0. The number of carbonyl (C=O) groups is 1. The van der Waals surface area contributed by atoms with Crippen molar-refractivity contribution in [2.24, 2.45) is 0 Å². The molecule has 0 aromatic heterocycles. The quantitative estimate of drug-likeness (QED) is 0.358. The molecule has 6 nitrogen and oxygen atoms in total. The van der Waals surface area contributed by atoms with Crippen molar-refractivity contribution in [1.29, 1.82) is 0 Å². The fraction of sp³-hybridized carbons (Fsp3) is 0.591. The molecule has 0 bridgehead atoms. The van der Waals surface area contributed by atoms with Gasteiger partial charge in [-0.05, 0) is 32.1 Å². The van der Waals surface area contributed by atoms with Crippen molar-refractivity contribution in [3.8, 4) is 0 Å². The highest BCUT2D eigenvalue weighted by molar-refractivity contribution is 5.66. The van der Waals surface area contributed by atoms with Crippen molar-refractivity contribution in [2.45, 2.75) is 82.4 Å². The highest BCUT2D eigenvalue weighted by Gasteiger charge is 2.35. The van der Waals surface area contributed by atoms with Crippen LogP contribution in [0.25, 0.3) is 0 Å². The first-order chi connectivity index (χ1) is 13.4. The number of hydrogen-bond donors (Lipinski definition) is 4. The Hall–Kier alpha value is -1.73. The minimum absolute atomic E-state index is 0.160. The molecule has 6 heteroatoms. The molecule has 28 heavy (non-hydrogen) atoms. The Bertz CT molecular complexity index is 551. The lowest BCUT2D eigenvalue weighted by Gasteiger charge is -2.16. The Morgan fingerprint density at radius 3 is 2.39 bits per heavy atom. The van der Waals surface area contributed by atoms with Crippen molar-refractivity contribution in [3.05, 3.63) is 48.6 Å². The Labute approximate surface area is 167 Å². The van der Waals surface area contributed by atoms with Gasteiger partial charge in [0.1, 0.15) is 6.10 Å². The third kappa shape index (κ3) is 10.6. The maximum absolute atomic E-state index is 10.3. The molecule has 0 amide bonds. The third-order valence-corrected chi connectivity index (χ3v) is 4.50. The first-order valence-corrected chi connectivity index (χ1v) is 9.98. The Kier molecular flexibility index (Phi) is 12.4. The van der Waals surface area contributed by atoms with Crippen LogP contribution in [0.3, 0.4) is 0 Å². The number of hydrogen-bond acceptors (Lipinski definition) is 5. The predicted molar refractivity (Wildman–Crippen MR) is 109 cm³/mol. The molecule has 1 fully saturated rings. The lowest BCUT2D eigenvalue weighted by atomic mass is 10.1. The molecule has 1 aliphatic rings. The van der Waals surface area contributed by atoms with E-state index in [0.717, 1.165) is 12.8 Å². The summed E-state index contributed by atoms with van der Waals surface area (Å²) < 4.78 is 5.63.